The van der Waals surface area contributed by atoms with Crippen molar-refractivity contribution in [2.24, 2.45) is 0 Å². The maximum atomic E-state index is 4.88. The van der Waals surface area contributed by atoms with E-state index in [0.717, 1.165) is 11.1 Å². The van der Waals surface area contributed by atoms with Crippen LogP contribution in [0.3, 0.4) is 0 Å². The van der Waals surface area contributed by atoms with E-state index in [-0.39, 0.29) is 17.1 Å². The average Bonchev–Trinajstić information content (AvgIpc) is 2.33. The third-order valence-corrected chi connectivity index (χ3v) is 1.19. The summed E-state index contributed by atoms with van der Waals surface area (Å²) < 4.78 is 4.88. The molecule has 0 aliphatic heterocycles. The minimum Gasteiger partial charge on any atom is -0.573 e. The van der Waals surface area contributed by atoms with Crippen molar-refractivity contribution in [1.82, 2.24) is 4.98 Å². The Kier molecular flexibility index (Phi) is 2.09. The summed E-state index contributed by atoms with van der Waals surface area (Å²) in [5.74, 6) is 0. The van der Waals surface area contributed by atoms with Crippen LogP contribution in [-0.4, -0.2) is 4.98 Å². The second kappa shape index (κ2) is 2.86. The fourth-order valence-corrected chi connectivity index (χ4v) is 0.757. The third-order valence-electron chi connectivity index (χ3n) is 1.19. The van der Waals surface area contributed by atoms with Crippen LogP contribution in [0.15, 0.2) is 28.7 Å². The molecule has 2 nitrogen and oxygen atoms in total. The first-order valence-corrected chi connectivity index (χ1v) is 2.68. The maximum Gasteiger partial charge on any atom is 1.00 e. The zero-order valence-corrected chi connectivity index (χ0v) is 5.91. The van der Waals surface area contributed by atoms with Crippen molar-refractivity contribution in [3.63, 3.8) is 0 Å². The van der Waals surface area contributed by atoms with Gasteiger partial charge in [0.1, 0.15) is 6.39 Å². The molecule has 0 amide bonds. The SMILES string of the molecule is [Cu+].[c-]1nc2ccccc2o1. The minimum absolute atomic E-state index is 0. The second-order valence-corrected chi connectivity index (χ2v) is 1.77. The van der Waals surface area contributed by atoms with E-state index in [9.17, 15) is 0 Å². The number of benzene rings is 1. The quantitative estimate of drug-likeness (QED) is 0.456. The number of fused-ring (bicyclic) bond motifs is 1. The molecule has 0 atom stereocenters. The Labute approximate surface area is 68.7 Å². The van der Waals surface area contributed by atoms with Gasteiger partial charge in [0, 0.05) is 0 Å². The molecule has 0 aliphatic carbocycles. The fraction of sp³-hybridized carbons (Fsp3) is 0. The average molecular weight is 182 g/mol. The number of hydrogen-bond donors (Lipinski definition) is 0. The molecule has 0 radical (unpaired) electrons. The van der Waals surface area contributed by atoms with Gasteiger partial charge in [0.2, 0.25) is 0 Å². The van der Waals surface area contributed by atoms with Gasteiger partial charge in [0.25, 0.3) is 0 Å². The molecule has 0 unspecified atom stereocenters. The van der Waals surface area contributed by atoms with E-state index in [2.05, 4.69) is 11.4 Å². The molecule has 0 bridgehead atoms. The van der Waals surface area contributed by atoms with Crippen LogP contribution in [0.4, 0.5) is 0 Å². The van der Waals surface area contributed by atoms with Crippen molar-refractivity contribution in [2.75, 3.05) is 0 Å². The van der Waals surface area contributed by atoms with Crippen LogP contribution < -0.4 is 0 Å². The van der Waals surface area contributed by atoms with Gasteiger partial charge < -0.3 is 9.40 Å². The molecule has 1 heterocycles. The molecule has 54 valence electrons. The standard InChI is InChI=1S/C7H4NO.Cu/c1-2-4-7-6(3-1)8-5-9-7;/h1-4H;/q-1;+1. The van der Waals surface area contributed by atoms with Crippen molar-refractivity contribution < 1.29 is 21.5 Å². The monoisotopic (exact) mass is 181 g/mol. The van der Waals surface area contributed by atoms with Crippen molar-refractivity contribution in [3.8, 4) is 0 Å². The Bertz CT molecular complexity index is 288. The Hall–Kier alpha value is -0.791. The zero-order valence-electron chi connectivity index (χ0n) is 4.97. The molecule has 0 fully saturated rings. The second-order valence-electron chi connectivity index (χ2n) is 1.77. The van der Waals surface area contributed by atoms with Crippen LogP contribution in [0.1, 0.15) is 0 Å². The van der Waals surface area contributed by atoms with E-state index < -0.39 is 0 Å². The number of hydrogen-bond acceptors (Lipinski definition) is 2. The molecule has 1 aromatic carbocycles. The first-order valence-electron chi connectivity index (χ1n) is 2.68. The number of para-hydroxylation sites is 2. The van der Waals surface area contributed by atoms with E-state index in [1.165, 1.54) is 0 Å². The molecule has 2 aromatic rings. The summed E-state index contributed by atoms with van der Waals surface area (Å²) in [6.07, 6.45) is 2.41. The third kappa shape index (κ3) is 1.06. The topological polar surface area (TPSA) is 26.0 Å². The number of aromatic nitrogens is 1. The van der Waals surface area contributed by atoms with E-state index in [1.807, 2.05) is 24.3 Å². The fourth-order valence-electron chi connectivity index (χ4n) is 0.757. The smallest absolute Gasteiger partial charge is 0.573 e. The minimum atomic E-state index is 0. The molecule has 2 rings (SSSR count). The summed E-state index contributed by atoms with van der Waals surface area (Å²) in [6, 6.07) is 7.56. The van der Waals surface area contributed by atoms with E-state index in [1.54, 1.807) is 0 Å². The van der Waals surface area contributed by atoms with Crippen molar-refractivity contribution >= 4 is 11.1 Å². The molecule has 1 aromatic heterocycles. The number of nitrogens with zero attached hydrogens (tertiary/aromatic N) is 1. The normalized spacial score (nSPS) is 9.20. The van der Waals surface area contributed by atoms with Gasteiger partial charge in [-0.05, 0) is 11.1 Å². The van der Waals surface area contributed by atoms with Crippen molar-refractivity contribution in [2.45, 2.75) is 0 Å². The van der Waals surface area contributed by atoms with Crippen LogP contribution in [-0.2, 0) is 17.1 Å². The first-order chi connectivity index (χ1) is 4.47. The maximum absolute atomic E-state index is 4.88. The van der Waals surface area contributed by atoms with E-state index in [0.29, 0.717) is 0 Å². The summed E-state index contributed by atoms with van der Waals surface area (Å²) in [6.45, 7) is 0. The van der Waals surface area contributed by atoms with E-state index in [4.69, 9.17) is 4.42 Å². The van der Waals surface area contributed by atoms with Gasteiger partial charge in [-0.15, -0.1) is 6.07 Å². The van der Waals surface area contributed by atoms with Gasteiger partial charge >= 0.3 is 17.1 Å². The van der Waals surface area contributed by atoms with Crippen molar-refractivity contribution in [3.05, 3.63) is 30.7 Å². The van der Waals surface area contributed by atoms with Crippen LogP contribution in [0, 0.1) is 6.39 Å². The summed E-state index contributed by atoms with van der Waals surface area (Å²) in [5, 5.41) is 0. The van der Waals surface area contributed by atoms with Crippen LogP contribution >= 0.6 is 0 Å². The van der Waals surface area contributed by atoms with Crippen LogP contribution in [0.25, 0.3) is 11.1 Å². The molecular formula is C7H4CuNO. The number of oxazole rings is 1. The first kappa shape index (κ1) is 7.32. The van der Waals surface area contributed by atoms with Gasteiger partial charge in [-0.3, -0.25) is 0 Å². The van der Waals surface area contributed by atoms with Crippen molar-refractivity contribution in [1.29, 1.82) is 0 Å². The summed E-state index contributed by atoms with van der Waals surface area (Å²) >= 11 is 0. The van der Waals surface area contributed by atoms with Crippen LogP contribution in [0.5, 0.6) is 0 Å². The molecule has 0 saturated carbocycles. The summed E-state index contributed by atoms with van der Waals surface area (Å²) in [7, 11) is 0. The Morgan fingerprint density at radius 3 is 2.90 bits per heavy atom. The van der Waals surface area contributed by atoms with Gasteiger partial charge in [-0.25, -0.2) is 0 Å². The van der Waals surface area contributed by atoms with Gasteiger partial charge in [-0.2, -0.15) is 0 Å². The summed E-state index contributed by atoms with van der Waals surface area (Å²) in [4.78, 5) is 3.83. The predicted molar refractivity (Wildman–Crippen MR) is 32.8 cm³/mol. The largest absolute Gasteiger partial charge is 1.00 e. The molecule has 3 heteroatoms. The zero-order chi connectivity index (χ0) is 6.10. The number of rotatable bonds is 0. The molecule has 0 saturated heterocycles. The molecular weight excluding hydrogens is 178 g/mol. The van der Waals surface area contributed by atoms with Gasteiger partial charge in [0.05, 0.1) is 0 Å². The molecule has 10 heavy (non-hydrogen) atoms. The molecule has 0 spiro atoms. The van der Waals surface area contributed by atoms with Gasteiger partial charge in [-0.1, -0.05) is 18.2 Å². The van der Waals surface area contributed by atoms with Gasteiger partial charge in [0.15, 0.2) is 0 Å². The van der Waals surface area contributed by atoms with E-state index >= 15 is 0 Å². The predicted octanol–water partition coefficient (Wildman–Crippen LogP) is 1.63. The Morgan fingerprint density at radius 2 is 2.10 bits per heavy atom. The molecule has 0 aliphatic rings. The Morgan fingerprint density at radius 1 is 1.30 bits per heavy atom. The molecule has 0 N–H and O–H groups in total. The summed E-state index contributed by atoms with van der Waals surface area (Å²) in [5.41, 5.74) is 1.65. The van der Waals surface area contributed by atoms with Crippen LogP contribution in [0.2, 0.25) is 0 Å². The Balaban J connectivity index is 0.000000500.